The standard InChI is InChI=1S/C13H17F3N2O3/c1-20-12(19)11-7-10(17-21-11)6-9-2-4-18(5-3-9)8-13(14,15)16/h7,9H,2-6,8H2,1H3. The van der Waals surface area contributed by atoms with Crippen molar-refractivity contribution in [2.24, 2.45) is 5.92 Å². The second-order valence-electron chi connectivity index (χ2n) is 5.21. The molecule has 1 aliphatic heterocycles. The van der Waals surface area contributed by atoms with Crippen molar-refractivity contribution in [1.82, 2.24) is 10.1 Å². The Hall–Kier alpha value is -1.57. The molecule has 1 saturated heterocycles. The van der Waals surface area contributed by atoms with Gasteiger partial charge >= 0.3 is 12.1 Å². The van der Waals surface area contributed by atoms with Crippen molar-refractivity contribution in [3.63, 3.8) is 0 Å². The molecule has 8 heteroatoms. The topological polar surface area (TPSA) is 55.6 Å². The molecule has 1 aliphatic rings. The molecule has 2 rings (SSSR count). The number of aromatic nitrogens is 1. The number of alkyl halides is 3. The maximum Gasteiger partial charge on any atom is 0.401 e. The first-order chi connectivity index (χ1) is 9.87. The largest absolute Gasteiger partial charge is 0.463 e. The fourth-order valence-electron chi connectivity index (χ4n) is 2.50. The summed E-state index contributed by atoms with van der Waals surface area (Å²) in [7, 11) is 1.25. The molecule has 0 aliphatic carbocycles. The molecule has 1 aromatic rings. The quantitative estimate of drug-likeness (QED) is 0.799. The lowest BCUT2D eigenvalue weighted by molar-refractivity contribution is -0.148. The van der Waals surface area contributed by atoms with Crippen LogP contribution in [-0.2, 0) is 11.2 Å². The third-order valence-electron chi connectivity index (χ3n) is 3.55. The van der Waals surface area contributed by atoms with E-state index in [0.717, 1.165) is 0 Å². The second-order valence-corrected chi connectivity index (χ2v) is 5.21. The van der Waals surface area contributed by atoms with E-state index < -0.39 is 18.7 Å². The molecule has 1 aromatic heterocycles. The summed E-state index contributed by atoms with van der Waals surface area (Å²) in [5, 5.41) is 3.79. The molecule has 2 heterocycles. The van der Waals surface area contributed by atoms with Crippen LogP contribution in [0.2, 0.25) is 0 Å². The molecule has 0 aromatic carbocycles. The number of hydrogen-bond donors (Lipinski definition) is 0. The molecule has 118 valence electrons. The number of likely N-dealkylation sites (tertiary alicyclic amines) is 1. The van der Waals surface area contributed by atoms with E-state index in [2.05, 4.69) is 9.89 Å². The first-order valence-electron chi connectivity index (χ1n) is 6.70. The predicted molar refractivity (Wildman–Crippen MR) is 66.8 cm³/mol. The minimum absolute atomic E-state index is 0.0435. The van der Waals surface area contributed by atoms with Crippen molar-refractivity contribution in [1.29, 1.82) is 0 Å². The third kappa shape index (κ3) is 4.73. The number of rotatable bonds is 4. The number of carbonyl (C=O) groups excluding carboxylic acids is 1. The van der Waals surface area contributed by atoms with Gasteiger partial charge in [0.05, 0.1) is 19.3 Å². The Labute approximate surface area is 120 Å². The van der Waals surface area contributed by atoms with E-state index >= 15 is 0 Å². The van der Waals surface area contributed by atoms with Gasteiger partial charge in [-0.2, -0.15) is 13.2 Å². The predicted octanol–water partition coefficient (Wildman–Crippen LogP) is 2.28. The van der Waals surface area contributed by atoms with E-state index in [4.69, 9.17) is 4.52 Å². The Morgan fingerprint density at radius 2 is 2.14 bits per heavy atom. The summed E-state index contributed by atoms with van der Waals surface area (Å²) in [6, 6.07) is 1.52. The molecule has 0 bridgehead atoms. The zero-order chi connectivity index (χ0) is 15.5. The summed E-state index contributed by atoms with van der Waals surface area (Å²) in [6.45, 7) is -0.00601. The van der Waals surface area contributed by atoms with Gasteiger partial charge in [0, 0.05) is 6.07 Å². The number of carbonyl (C=O) groups is 1. The lowest BCUT2D eigenvalue weighted by Crippen LogP contribution is -2.40. The molecular weight excluding hydrogens is 289 g/mol. The van der Waals surface area contributed by atoms with E-state index in [1.165, 1.54) is 18.1 Å². The Kier molecular flexibility index (Phi) is 4.87. The van der Waals surface area contributed by atoms with Gasteiger partial charge in [-0.15, -0.1) is 0 Å². The molecule has 0 N–H and O–H groups in total. The van der Waals surface area contributed by atoms with Crippen LogP contribution < -0.4 is 0 Å². The van der Waals surface area contributed by atoms with Gasteiger partial charge in [-0.05, 0) is 38.3 Å². The average Bonchev–Trinajstić information content (AvgIpc) is 2.87. The van der Waals surface area contributed by atoms with Crippen LogP contribution in [0.3, 0.4) is 0 Å². The van der Waals surface area contributed by atoms with E-state index in [1.54, 1.807) is 0 Å². The molecule has 0 spiro atoms. The van der Waals surface area contributed by atoms with Crippen molar-refractivity contribution < 1.29 is 27.2 Å². The first-order valence-corrected chi connectivity index (χ1v) is 6.70. The summed E-state index contributed by atoms with van der Waals surface area (Å²) in [6.07, 6.45) is -2.19. The fraction of sp³-hybridized carbons (Fsp3) is 0.692. The van der Waals surface area contributed by atoms with E-state index in [0.29, 0.717) is 38.0 Å². The Morgan fingerprint density at radius 3 is 2.71 bits per heavy atom. The molecule has 0 radical (unpaired) electrons. The SMILES string of the molecule is COC(=O)c1cc(CC2CCN(CC(F)(F)F)CC2)no1. The van der Waals surface area contributed by atoms with Gasteiger partial charge in [-0.3, -0.25) is 4.90 Å². The normalized spacial score (nSPS) is 17.9. The van der Waals surface area contributed by atoms with E-state index in [-0.39, 0.29) is 11.7 Å². The number of piperidine rings is 1. The molecule has 0 saturated carbocycles. The zero-order valence-electron chi connectivity index (χ0n) is 11.7. The van der Waals surface area contributed by atoms with Crippen LogP contribution in [-0.4, -0.2) is 48.9 Å². The van der Waals surface area contributed by atoms with Crippen LogP contribution in [0.1, 0.15) is 29.1 Å². The van der Waals surface area contributed by atoms with Crippen molar-refractivity contribution in [3.05, 3.63) is 17.5 Å². The minimum atomic E-state index is -4.14. The number of esters is 1. The highest BCUT2D eigenvalue weighted by molar-refractivity contribution is 5.86. The summed E-state index contributed by atoms with van der Waals surface area (Å²) in [5.41, 5.74) is 0.629. The Morgan fingerprint density at radius 1 is 1.48 bits per heavy atom. The molecule has 5 nitrogen and oxygen atoms in total. The third-order valence-corrected chi connectivity index (χ3v) is 3.55. The lowest BCUT2D eigenvalue weighted by atomic mass is 9.92. The fourth-order valence-corrected chi connectivity index (χ4v) is 2.50. The molecule has 21 heavy (non-hydrogen) atoms. The van der Waals surface area contributed by atoms with E-state index in [1.807, 2.05) is 0 Å². The highest BCUT2D eigenvalue weighted by Crippen LogP contribution is 2.24. The molecule has 0 atom stereocenters. The molecular formula is C13H17F3N2O3. The summed E-state index contributed by atoms with van der Waals surface area (Å²) >= 11 is 0. The van der Waals surface area contributed by atoms with Crippen molar-refractivity contribution in [3.8, 4) is 0 Å². The van der Waals surface area contributed by atoms with Crippen LogP contribution >= 0.6 is 0 Å². The van der Waals surface area contributed by atoms with Crippen molar-refractivity contribution in [2.75, 3.05) is 26.7 Å². The molecule has 0 unspecified atom stereocenters. The highest BCUT2D eigenvalue weighted by Gasteiger charge is 2.32. The molecule has 0 amide bonds. The number of methoxy groups -OCH3 is 1. The smallest absolute Gasteiger partial charge is 0.401 e. The summed E-state index contributed by atoms with van der Waals surface area (Å²) in [5.74, 6) is -0.291. The van der Waals surface area contributed by atoms with Gasteiger partial charge < -0.3 is 9.26 Å². The van der Waals surface area contributed by atoms with Crippen molar-refractivity contribution >= 4 is 5.97 Å². The van der Waals surface area contributed by atoms with Crippen molar-refractivity contribution in [2.45, 2.75) is 25.4 Å². The van der Waals surface area contributed by atoms with Crippen LogP contribution in [0.4, 0.5) is 13.2 Å². The van der Waals surface area contributed by atoms with Gasteiger partial charge in [0.1, 0.15) is 0 Å². The van der Waals surface area contributed by atoms with Crippen LogP contribution in [0.25, 0.3) is 0 Å². The lowest BCUT2D eigenvalue weighted by Gasteiger charge is -2.31. The van der Waals surface area contributed by atoms with Crippen LogP contribution in [0.15, 0.2) is 10.6 Å². The van der Waals surface area contributed by atoms with E-state index in [9.17, 15) is 18.0 Å². The highest BCUT2D eigenvalue weighted by atomic mass is 19.4. The van der Waals surface area contributed by atoms with Gasteiger partial charge in [0.2, 0.25) is 5.76 Å². The summed E-state index contributed by atoms with van der Waals surface area (Å²) in [4.78, 5) is 12.6. The maximum absolute atomic E-state index is 12.3. The maximum atomic E-state index is 12.3. The van der Waals surface area contributed by atoms with Crippen LogP contribution in [0, 0.1) is 5.92 Å². The Balaban J connectivity index is 1.81. The number of ether oxygens (including phenoxy) is 1. The molecule has 1 fully saturated rings. The Bertz CT molecular complexity index is 479. The van der Waals surface area contributed by atoms with Gasteiger partial charge in [0.25, 0.3) is 0 Å². The van der Waals surface area contributed by atoms with Gasteiger partial charge in [0.15, 0.2) is 0 Å². The zero-order valence-corrected chi connectivity index (χ0v) is 11.7. The van der Waals surface area contributed by atoms with Crippen LogP contribution in [0.5, 0.6) is 0 Å². The average molecular weight is 306 g/mol. The first kappa shape index (κ1) is 15.8. The second kappa shape index (κ2) is 6.46. The number of hydrogen-bond acceptors (Lipinski definition) is 5. The number of nitrogens with zero attached hydrogens (tertiary/aromatic N) is 2. The van der Waals surface area contributed by atoms with Gasteiger partial charge in [-0.25, -0.2) is 4.79 Å². The summed E-state index contributed by atoms with van der Waals surface area (Å²) < 4.78 is 46.2. The monoisotopic (exact) mass is 306 g/mol. The number of halogens is 3. The minimum Gasteiger partial charge on any atom is -0.463 e. The van der Waals surface area contributed by atoms with Gasteiger partial charge in [-0.1, -0.05) is 5.16 Å².